The number of aryl methyl sites for hydroxylation is 1. The Hall–Kier alpha value is -3.42. The van der Waals surface area contributed by atoms with Gasteiger partial charge in [-0.25, -0.2) is 9.50 Å². The molecule has 0 aliphatic heterocycles. The summed E-state index contributed by atoms with van der Waals surface area (Å²) in [5.41, 5.74) is 0.652. The lowest BCUT2D eigenvalue weighted by Crippen LogP contribution is -2.09. The molecular weight excluding hydrogens is 369 g/mol. The van der Waals surface area contributed by atoms with Crippen LogP contribution >= 0.6 is 0 Å². The van der Waals surface area contributed by atoms with E-state index in [0.29, 0.717) is 11.3 Å². The average molecular weight is 384 g/mol. The molecule has 8 heteroatoms. The van der Waals surface area contributed by atoms with Crippen molar-refractivity contribution in [2.24, 2.45) is 0 Å². The molecule has 4 rings (SSSR count). The number of alkyl halides is 3. The number of hydrogen-bond donors (Lipinski definition) is 0. The van der Waals surface area contributed by atoms with Crippen LogP contribution in [0, 0.1) is 0 Å². The van der Waals surface area contributed by atoms with Gasteiger partial charge in [-0.1, -0.05) is 31.2 Å². The lowest BCUT2D eigenvalue weighted by molar-refractivity contribution is -0.141. The van der Waals surface area contributed by atoms with Gasteiger partial charge in [-0.05, 0) is 42.3 Å². The third-order valence-corrected chi connectivity index (χ3v) is 4.17. The van der Waals surface area contributed by atoms with E-state index in [2.05, 4.69) is 15.1 Å². The number of nitrogens with zero attached hydrogens (tertiary/aromatic N) is 4. The molecule has 0 fully saturated rings. The maximum atomic E-state index is 13.0. The Morgan fingerprint density at radius 3 is 2.46 bits per heavy atom. The first-order chi connectivity index (χ1) is 13.5. The second kappa shape index (κ2) is 6.95. The minimum Gasteiger partial charge on any atom is -0.437 e. The van der Waals surface area contributed by atoms with E-state index in [4.69, 9.17) is 4.74 Å². The van der Waals surface area contributed by atoms with Crippen LogP contribution in [0.5, 0.6) is 11.6 Å². The Morgan fingerprint density at radius 2 is 1.75 bits per heavy atom. The Balaban J connectivity index is 1.87. The zero-order valence-corrected chi connectivity index (χ0v) is 14.8. The van der Waals surface area contributed by atoms with E-state index >= 15 is 0 Å². The summed E-state index contributed by atoms with van der Waals surface area (Å²) in [6.45, 7) is 1.99. The van der Waals surface area contributed by atoms with Gasteiger partial charge in [0, 0.05) is 6.20 Å². The Bertz CT molecular complexity index is 1120. The monoisotopic (exact) mass is 384 g/mol. The van der Waals surface area contributed by atoms with Gasteiger partial charge in [0.05, 0.1) is 0 Å². The highest BCUT2D eigenvalue weighted by molar-refractivity contribution is 5.66. The summed E-state index contributed by atoms with van der Waals surface area (Å²) in [6.07, 6.45) is -2.09. The molecule has 28 heavy (non-hydrogen) atoms. The van der Waals surface area contributed by atoms with Crippen LogP contribution in [-0.2, 0) is 12.6 Å². The van der Waals surface area contributed by atoms with Crippen molar-refractivity contribution < 1.29 is 17.9 Å². The van der Waals surface area contributed by atoms with Crippen LogP contribution in [0.2, 0.25) is 0 Å². The van der Waals surface area contributed by atoms with Crippen LogP contribution < -0.4 is 4.74 Å². The van der Waals surface area contributed by atoms with Crippen molar-refractivity contribution in [1.82, 2.24) is 19.6 Å². The first kappa shape index (κ1) is 18.0. The van der Waals surface area contributed by atoms with Gasteiger partial charge in [0.1, 0.15) is 22.7 Å². The highest BCUT2D eigenvalue weighted by Gasteiger charge is 2.32. The van der Waals surface area contributed by atoms with Crippen molar-refractivity contribution in [3.05, 3.63) is 72.1 Å². The van der Waals surface area contributed by atoms with Gasteiger partial charge in [-0.3, -0.25) is 0 Å². The molecule has 0 radical (unpaired) electrons. The molecule has 0 amide bonds. The molecule has 1 aromatic carbocycles. The van der Waals surface area contributed by atoms with Crippen molar-refractivity contribution in [3.8, 4) is 23.1 Å². The molecule has 0 atom stereocenters. The number of pyridine rings is 1. The van der Waals surface area contributed by atoms with Gasteiger partial charge in [0.2, 0.25) is 11.7 Å². The zero-order valence-electron chi connectivity index (χ0n) is 14.8. The zero-order chi connectivity index (χ0) is 19.7. The van der Waals surface area contributed by atoms with E-state index in [1.54, 1.807) is 22.8 Å². The highest BCUT2D eigenvalue weighted by Crippen LogP contribution is 2.31. The maximum Gasteiger partial charge on any atom is 0.433 e. The molecule has 0 aliphatic rings. The van der Waals surface area contributed by atoms with Crippen molar-refractivity contribution in [2.75, 3.05) is 0 Å². The van der Waals surface area contributed by atoms with E-state index in [9.17, 15) is 13.2 Å². The summed E-state index contributed by atoms with van der Waals surface area (Å²) in [6, 6.07) is 14.6. The fraction of sp³-hybridized carbons (Fsp3) is 0.150. The molecule has 0 bridgehead atoms. The summed E-state index contributed by atoms with van der Waals surface area (Å²) in [5, 5.41) is 4.34. The Kier molecular flexibility index (Phi) is 4.46. The number of hydrogen-bond acceptors (Lipinski definition) is 4. The highest BCUT2D eigenvalue weighted by atomic mass is 19.4. The topological polar surface area (TPSA) is 52.3 Å². The molecule has 0 aliphatic carbocycles. The predicted octanol–water partition coefficient (Wildman–Crippen LogP) is 5.16. The Morgan fingerprint density at radius 1 is 0.964 bits per heavy atom. The number of fused-ring (bicyclic) bond motifs is 1. The molecule has 4 aromatic rings. The van der Waals surface area contributed by atoms with Crippen LogP contribution in [0.3, 0.4) is 0 Å². The van der Waals surface area contributed by atoms with E-state index in [0.717, 1.165) is 18.1 Å². The standard InChI is InChI=1S/C20H15F3N4O/c1-2-13-11-12-27-17(13)19(28-14-7-4-3-5-8-14)25-18(26-27)15-9-6-10-16(24-15)20(21,22)23/h3-12H,2H2,1H3. The average Bonchev–Trinajstić information content (AvgIpc) is 3.12. The summed E-state index contributed by atoms with van der Waals surface area (Å²) < 4.78 is 46.5. The first-order valence-electron chi connectivity index (χ1n) is 8.61. The summed E-state index contributed by atoms with van der Waals surface area (Å²) in [7, 11) is 0. The largest absolute Gasteiger partial charge is 0.437 e. The fourth-order valence-electron chi connectivity index (χ4n) is 2.84. The summed E-state index contributed by atoms with van der Waals surface area (Å²) in [4.78, 5) is 8.06. The van der Waals surface area contributed by atoms with Gasteiger partial charge >= 0.3 is 6.18 Å². The first-order valence-corrected chi connectivity index (χ1v) is 8.61. The van der Waals surface area contributed by atoms with E-state index in [-0.39, 0.29) is 17.4 Å². The quantitative estimate of drug-likeness (QED) is 0.487. The van der Waals surface area contributed by atoms with Crippen molar-refractivity contribution >= 4 is 5.52 Å². The molecular formula is C20H15F3N4O. The number of ether oxygens (including phenoxy) is 1. The molecule has 0 spiro atoms. The van der Waals surface area contributed by atoms with Crippen LogP contribution in [0.1, 0.15) is 18.2 Å². The number of rotatable bonds is 4. The second-order valence-corrected chi connectivity index (χ2v) is 6.05. The number of para-hydroxylation sites is 1. The molecule has 142 valence electrons. The molecule has 3 heterocycles. The Labute approximate surface area is 158 Å². The van der Waals surface area contributed by atoms with E-state index in [1.807, 2.05) is 31.2 Å². The SMILES string of the molecule is CCc1ccn2nc(-c3cccc(C(F)(F)F)n3)nc(Oc3ccccc3)c12. The lowest BCUT2D eigenvalue weighted by atomic mass is 10.2. The minimum atomic E-state index is -4.55. The van der Waals surface area contributed by atoms with E-state index in [1.165, 1.54) is 12.1 Å². The number of aromatic nitrogens is 4. The minimum absolute atomic E-state index is 0.0152. The number of benzene rings is 1. The molecule has 0 unspecified atom stereocenters. The second-order valence-electron chi connectivity index (χ2n) is 6.05. The maximum absolute atomic E-state index is 13.0. The third-order valence-electron chi connectivity index (χ3n) is 4.17. The van der Waals surface area contributed by atoms with Gasteiger partial charge in [0.25, 0.3) is 0 Å². The van der Waals surface area contributed by atoms with Crippen LogP contribution in [0.15, 0.2) is 60.8 Å². The van der Waals surface area contributed by atoms with Crippen LogP contribution in [0.4, 0.5) is 13.2 Å². The molecule has 0 saturated heterocycles. The summed E-state index contributed by atoms with van der Waals surface area (Å²) in [5.74, 6) is 0.870. The van der Waals surface area contributed by atoms with Gasteiger partial charge in [-0.2, -0.15) is 18.2 Å². The van der Waals surface area contributed by atoms with Gasteiger partial charge < -0.3 is 4.74 Å². The third kappa shape index (κ3) is 3.40. The predicted molar refractivity (Wildman–Crippen MR) is 97.1 cm³/mol. The summed E-state index contributed by atoms with van der Waals surface area (Å²) >= 11 is 0. The number of halogens is 3. The van der Waals surface area contributed by atoms with Crippen LogP contribution in [-0.4, -0.2) is 19.6 Å². The molecule has 5 nitrogen and oxygen atoms in total. The van der Waals surface area contributed by atoms with Crippen LogP contribution in [0.25, 0.3) is 17.0 Å². The smallest absolute Gasteiger partial charge is 0.433 e. The van der Waals surface area contributed by atoms with Crippen molar-refractivity contribution in [2.45, 2.75) is 19.5 Å². The normalized spacial score (nSPS) is 11.7. The molecule has 0 N–H and O–H groups in total. The lowest BCUT2D eigenvalue weighted by Gasteiger charge is -2.11. The van der Waals surface area contributed by atoms with Gasteiger partial charge in [0.15, 0.2) is 0 Å². The van der Waals surface area contributed by atoms with Gasteiger partial charge in [-0.15, -0.1) is 5.10 Å². The van der Waals surface area contributed by atoms with E-state index < -0.39 is 11.9 Å². The van der Waals surface area contributed by atoms with Crippen molar-refractivity contribution in [1.29, 1.82) is 0 Å². The van der Waals surface area contributed by atoms with Crippen molar-refractivity contribution in [3.63, 3.8) is 0 Å². The molecule has 3 aromatic heterocycles. The fourth-order valence-corrected chi connectivity index (χ4v) is 2.84. The molecule has 0 saturated carbocycles.